The number of aliphatic hydroxyl groups is 1. The molecule has 2 heterocycles. The summed E-state index contributed by atoms with van der Waals surface area (Å²) in [6.45, 7) is 3.94. The minimum atomic E-state index is -0.970. The molecule has 4 aromatic rings. The van der Waals surface area contributed by atoms with E-state index in [0.717, 1.165) is 32.9 Å². The van der Waals surface area contributed by atoms with Gasteiger partial charge in [-0.3, -0.25) is 4.98 Å². The number of ether oxygens (including phenoxy) is 1. The Labute approximate surface area is 185 Å². The van der Waals surface area contributed by atoms with Gasteiger partial charge in [0.1, 0.15) is 18.0 Å². The molecule has 0 unspecified atom stereocenters. The molecule has 152 valence electrons. The first-order valence-corrected chi connectivity index (χ1v) is 10.9. The number of rotatable bonds is 6. The van der Waals surface area contributed by atoms with Crippen molar-refractivity contribution in [2.24, 2.45) is 0 Å². The first kappa shape index (κ1) is 20.6. The molecule has 4 rings (SSSR count). The van der Waals surface area contributed by atoms with Crippen LogP contribution in [0.15, 0.2) is 78.3 Å². The molecule has 0 atom stereocenters. The van der Waals surface area contributed by atoms with E-state index >= 15 is 0 Å². The normalized spacial score (nSPS) is 11.5. The van der Waals surface area contributed by atoms with Crippen LogP contribution in [-0.2, 0) is 12.2 Å². The Balaban J connectivity index is 1.68. The van der Waals surface area contributed by atoms with E-state index in [0.29, 0.717) is 17.3 Å². The van der Waals surface area contributed by atoms with Crippen molar-refractivity contribution < 1.29 is 9.84 Å². The van der Waals surface area contributed by atoms with Crippen LogP contribution in [0.4, 0.5) is 0 Å². The van der Waals surface area contributed by atoms with Crippen LogP contribution in [0.2, 0.25) is 5.02 Å². The molecular formula is C25H22ClNO2S. The lowest BCUT2D eigenvalue weighted by atomic mass is 10.0. The van der Waals surface area contributed by atoms with Crippen molar-refractivity contribution in [1.82, 2.24) is 4.98 Å². The van der Waals surface area contributed by atoms with E-state index < -0.39 is 5.60 Å². The average molecular weight is 436 g/mol. The Kier molecular flexibility index (Phi) is 5.91. The number of aromatic nitrogens is 1. The predicted octanol–water partition coefficient (Wildman–Crippen LogP) is 6.94. The van der Waals surface area contributed by atoms with Crippen LogP contribution in [0.5, 0.6) is 5.75 Å². The van der Waals surface area contributed by atoms with Gasteiger partial charge >= 0.3 is 0 Å². The van der Waals surface area contributed by atoms with Crippen LogP contribution in [0.25, 0.3) is 21.6 Å². The van der Waals surface area contributed by atoms with Gasteiger partial charge in [0.2, 0.25) is 0 Å². The molecule has 0 aliphatic heterocycles. The summed E-state index contributed by atoms with van der Waals surface area (Å²) in [6.07, 6.45) is 1.80. The summed E-state index contributed by atoms with van der Waals surface area (Å²) in [5.41, 5.74) is 3.75. The van der Waals surface area contributed by atoms with Crippen molar-refractivity contribution in [3.8, 4) is 27.3 Å². The Morgan fingerprint density at radius 1 is 1.00 bits per heavy atom. The Morgan fingerprint density at radius 3 is 2.50 bits per heavy atom. The van der Waals surface area contributed by atoms with E-state index in [4.69, 9.17) is 16.3 Å². The number of thiophene rings is 1. The molecule has 0 spiro atoms. The van der Waals surface area contributed by atoms with Gasteiger partial charge in [-0.1, -0.05) is 48.0 Å². The molecule has 5 heteroatoms. The van der Waals surface area contributed by atoms with Gasteiger partial charge in [-0.2, -0.15) is 0 Å². The molecule has 0 amide bonds. The van der Waals surface area contributed by atoms with Crippen molar-refractivity contribution in [3.05, 3.63) is 94.6 Å². The van der Waals surface area contributed by atoms with Gasteiger partial charge in [0.15, 0.2) is 0 Å². The summed E-state index contributed by atoms with van der Waals surface area (Å²) in [6, 6.07) is 21.7. The third-order valence-electron chi connectivity index (χ3n) is 4.79. The molecule has 0 aliphatic carbocycles. The van der Waals surface area contributed by atoms with Gasteiger partial charge in [-0.25, -0.2) is 0 Å². The molecule has 1 N–H and O–H groups in total. The highest BCUT2D eigenvalue weighted by atomic mass is 35.5. The summed E-state index contributed by atoms with van der Waals surface area (Å²) >= 11 is 7.97. The highest BCUT2D eigenvalue weighted by molar-refractivity contribution is 7.14. The summed E-state index contributed by atoms with van der Waals surface area (Å²) in [5, 5.41) is 12.9. The highest BCUT2D eigenvalue weighted by Gasteiger charge is 2.19. The van der Waals surface area contributed by atoms with Crippen molar-refractivity contribution in [1.29, 1.82) is 0 Å². The molecule has 0 saturated carbocycles. The lowest BCUT2D eigenvalue weighted by molar-refractivity contribution is 0.0739. The molecule has 2 aromatic carbocycles. The van der Waals surface area contributed by atoms with E-state index in [-0.39, 0.29) is 0 Å². The van der Waals surface area contributed by atoms with Crippen LogP contribution >= 0.6 is 22.9 Å². The largest absolute Gasteiger partial charge is 0.488 e. The Hall–Kier alpha value is -2.66. The maximum Gasteiger partial charge on any atom is 0.127 e. The fourth-order valence-corrected chi connectivity index (χ4v) is 4.28. The van der Waals surface area contributed by atoms with Crippen LogP contribution < -0.4 is 4.74 Å². The van der Waals surface area contributed by atoms with Crippen molar-refractivity contribution >= 4 is 22.9 Å². The lowest BCUT2D eigenvalue weighted by Crippen LogP contribution is -2.17. The quantitative estimate of drug-likeness (QED) is 0.356. The first-order valence-electron chi connectivity index (χ1n) is 9.65. The summed E-state index contributed by atoms with van der Waals surface area (Å²) in [4.78, 5) is 5.54. The van der Waals surface area contributed by atoms with Gasteiger partial charge in [0.25, 0.3) is 0 Å². The zero-order valence-electron chi connectivity index (χ0n) is 16.8. The van der Waals surface area contributed by atoms with E-state index in [1.165, 1.54) is 0 Å². The first-order chi connectivity index (χ1) is 14.4. The van der Waals surface area contributed by atoms with E-state index in [1.807, 2.05) is 60.7 Å². The van der Waals surface area contributed by atoms with E-state index in [1.54, 1.807) is 31.4 Å². The lowest BCUT2D eigenvalue weighted by Gasteiger charge is -2.17. The van der Waals surface area contributed by atoms with Crippen molar-refractivity contribution in [2.45, 2.75) is 26.1 Å². The summed E-state index contributed by atoms with van der Waals surface area (Å²) < 4.78 is 6.15. The van der Waals surface area contributed by atoms with Gasteiger partial charge < -0.3 is 9.84 Å². The average Bonchev–Trinajstić information content (AvgIpc) is 3.23. The zero-order valence-corrected chi connectivity index (χ0v) is 18.4. The number of pyridine rings is 1. The van der Waals surface area contributed by atoms with Gasteiger partial charge in [-0.05, 0) is 55.1 Å². The molecule has 0 bridgehead atoms. The van der Waals surface area contributed by atoms with Crippen LogP contribution in [0.3, 0.4) is 0 Å². The van der Waals surface area contributed by atoms with Crippen LogP contribution in [-0.4, -0.2) is 10.1 Å². The zero-order chi connectivity index (χ0) is 21.1. The number of hydrogen-bond acceptors (Lipinski definition) is 4. The van der Waals surface area contributed by atoms with Gasteiger partial charge in [0.05, 0.1) is 5.69 Å². The second kappa shape index (κ2) is 8.60. The van der Waals surface area contributed by atoms with Crippen molar-refractivity contribution in [3.63, 3.8) is 0 Å². The SMILES string of the molecule is CC(C)(O)c1ccc(-c2sccc2-c2cc(Cl)ccc2OCc2ccccc2)cn1. The molecular weight excluding hydrogens is 414 g/mol. The van der Waals surface area contributed by atoms with Crippen molar-refractivity contribution in [2.75, 3.05) is 0 Å². The molecule has 0 saturated heterocycles. The second-order valence-electron chi connectivity index (χ2n) is 7.57. The van der Waals surface area contributed by atoms with Gasteiger partial charge in [0, 0.05) is 32.8 Å². The molecule has 0 fully saturated rings. The van der Waals surface area contributed by atoms with E-state index in [2.05, 4.69) is 16.4 Å². The topological polar surface area (TPSA) is 42.4 Å². The number of benzene rings is 2. The molecule has 0 radical (unpaired) electrons. The third-order valence-corrected chi connectivity index (χ3v) is 5.99. The number of halogens is 1. The van der Waals surface area contributed by atoms with Crippen LogP contribution in [0.1, 0.15) is 25.1 Å². The second-order valence-corrected chi connectivity index (χ2v) is 8.92. The molecule has 2 aromatic heterocycles. The standard InChI is InChI=1S/C25H22ClNO2S/c1-25(2,28)23-11-8-18(15-27-23)24-20(12-13-30-24)21-14-19(26)9-10-22(21)29-16-17-6-4-3-5-7-17/h3-15,28H,16H2,1-2H3. The van der Waals surface area contributed by atoms with E-state index in [9.17, 15) is 5.11 Å². The maximum atomic E-state index is 10.2. The smallest absolute Gasteiger partial charge is 0.127 e. The fourth-order valence-electron chi connectivity index (χ4n) is 3.21. The predicted molar refractivity (Wildman–Crippen MR) is 124 cm³/mol. The Morgan fingerprint density at radius 2 is 1.80 bits per heavy atom. The van der Waals surface area contributed by atoms with Gasteiger partial charge in [-0.15, -0.1) is 11.3 Å². The molecule has 3 nitrogen and oxygen atoms in total. The maximum absolute atomic E-state index is 10.2. The Bertz CT molecular complexity index is 1130. The minimum Gasteiger partial charge on any atom is -0.488 e. The number of nitrogens with zero attached hydrogens (tertiary/aromatic N) is 1. The van der Waals surface area contributed by atoms with Crippen LogP contribution in [0, 0.1) is 0 Å². The minimum absolute atomic E-state index is 0.483. The highest BCUT2D eigenvalue weighted by Crippen LogP contribution is 2.42. The summed E-state index contributed by atoms with van der Waals surface area (Å²) in [5.74, 6) is 0.781. The molecule has 0 aliphatic rings. The molecule has 30 heavy (non-hydrogen) atoms. The summed E-state index contributed by atoms with van der Waals surface area (Å²) in [7, 11) is 0. The monoisotopic (exact) mass is 435 g/mol. The number of hydrogen-bond donors (Lipinski definition) is 1. The fraction of sp³-hybridized carbons (Fsp3) is 0.160. The third kappa shape index (κ3) is 4.57.